The van der Waals surface area contributed by atoms with E-state index in [2.05, 4.69) is 10.2 Å². The van der Waals surface area contributed by atoms with Crippen LogP contribution in [0.2, 0.25) is 5.02 Å². The smallest absolute Gasteiger partial charge is 0.291 e. The maximum atomic E-state index is 12.6. The standard InChI is InChI=1S/C24H20ClN3O3S/c25-18-15-17(26-23(29)21-14-16-4-1-2-5-20(16)31-21)7-8-19(18)27-9-11-28(12-10-27)24(30)22-6-3-13-32-22/h1-8,13-15H,9-12H2,(H,26,29). The van der Waals surface area contributed by atoms with Crippen LogP contribution >= 0.6 is 22.9 Å². The van der Waals surface area contributed by atoms with Gasteiger partial charge in [0.1, 0.15) is 5.58 Å². The predicted molar refractivity (Wildman–Crippen MR) is 128 cm³/mol. The monoisotopic (exact) mass is 465 g/mol. The van der Waals surface area contributed by atoms with Crippen LogP contribution < -0.4 is 10.2 Å². The number of nitrogens with one attached hydrogen (secondary N) is 1. The molecule has 3 heterocycles. The highest BCUT2D eigenvalue weighted by Crippen LogP contribution is 2.30. The molecular formula is C24H20ClN3O3S. The Morgan fingerprint density at radius 1 is 0.969 bits per heavy atom. The van der Waals surface area contributed by atoms with Gasteiger partial charge >= 0.3 is 0 Å². The molecular weight excluding hydrogens is 446 g/mol. The highest BCUT2D eigenvalue weighted by molar-refractivity contribution is 7.12. The van der Waals surface area contributed by atoms with E-state index in [1.165, 1.54) is 11.3 Å². The Bertz CT molecular complexity index is 1240. The number of carbonyl (C=O) groups excluding carboxylic acids is 2. The van der Waals surface area contributed by atoms with Gasteiger partial charge in [0.25, 0.3) is 11.8 Å². The predicted octanol–water partition coefficient (Wildman–Crippen LogP) is 5.36. The van der Waals surface area contributed by atoms with E-state index in [0.717, 1.165) is 16.0 Å². The van der Waals surface area contributed by atoms with Crippen molar-refractivity contribution in [1.29, 1.82) is 0 Å². The molecule has 0 radical (unpaired) electrons. The summed E-state index contributed by atoms with van der Waals surface area (Å²) in [5, 5.41) is 6.18. The third-order valence-corrected chi connectivity index (χ3v) is 6.65. The van der Waals surface area contributed by atoms with E-state index in [-0.39, 0.29) is 17.6 Å². The van der Waals surface area contributed by atoms with E-state index >= 15 is 0 Å². The summed E-state index contributed by atoms with van der Waals surface area (Å²) in [5.41, 5.74) is 2.15. The highest BCUT2D eigenvalue weighted by Gasteiger charge is 2.24. The molecule has 0 bridgehead atoms. The van der Waals surface area contributed by atoms with Crippen molar-refractivity contribution in [3.63, 3.8) is 0 Å². The van der Waals surface area contributed by atoms with Gasteiger partial charge in [-0.3, -0.25) is 9.59 Å². The van der Waals surface area contributed by atoms with Crippen molar-refractivity contribution in [3.8, 4) is 0 Å². The number of amides is 2. The maximum Gasteiger partial charge on any atom is 0.291 e. The van der Waals surface area contributed by atoms with Gasteiger partial charge in [-0.15, -0.1) is 11.3 Å². The van der Waals surface area contributed by atoms with Gasteiger partial charge in [0, 0.05) is 37.3 Å². The first kappa shape index (κ1) is 20.6. The zero-order valence-corrected chi connectivity index (χ0v) is 18.7. The second-order valence-electron chi connectivity index (χ2n) is 7.53. The minimum absolute atomic E-state index is 0.0781. The average molecular weight is 466 g/mol. The molecule has 0 spiro atoms. The summed E-state index contributed by atoms with van der Waals surface area (Å²) in [6.07, 6.45) is 0. The van der Waals surface area contributed by atoms with Crippen LogP contribution in [0, 0.1) is 0 Å². The van der Waals surface area contributed by atoms with Crippen LogP contribution in [0.5, 0.6) is 0 Å². The molecule has 0 aliphatic carbocycles. The molecule has 1 aliphatic rings. The van der Waals surface area contributed by atoms with Crippen molar-refractivity contribution in [2.45, 2.75) is 0 Å². The number of para-hydroxylation sites is 1. The zero-order chi connectivity index (χ0) is 22.1. The van der Waals surface area contributed by atoms with Gasteiger partial charge < -0.3 is 19.5 Å². The van der Waals surface area contributed by atoms with Crippen LogP contribution in [0.15, 0.2) is 70.5 Å². The molecule has 162 valence electrons. The van der Waals surface area contributed by atoms with Crippen molar-refractivity contribution in [3.05, 3.63) is 81.7 Å². The number of nitrogens with zero attached hydrogens (tertiary/aromatic N) is 2. The Morgan fingerprint density at radius 3 is 2.50 bits per heavy atom. The fourth-order valence-electron chi connectivity index (χ4n) is 3.83. The van der Waals surface area contributed by atoms with E-state index in [1.807, 2.05) is 58.8 Å². The van der Waals surface area contributed by atoms with E-state index in [0.29, 0.717) is 42.5 Å². The largest absolute Gasteiger partial charge is 0.451 e. The summed E-state index contributed by atoms with van der Waals surface area (Å²) in [6.45, 7) is 2.66. The van der Waals surface area contributed by atoms with Crippen LogP contribution in [0.4, 0.5) is 11.4 Å². The van der Waals surface area contributed by atoms with Crippen LogP contribution in [0.1, 0.15) is 20.2 Å². The van der Waals surface area contributed by atoms with Gasteiger partial charge in [0.15, 0.2) is 5.76 Å². The van der Waals surface area contributed by atoms with Gasteiger partial charge in [-0.1, -0.05) is 35.9 Å². The number of halogens is 1. The molecule has 1 N–H and O–H groups in total. The van der Waals surface area contributed by atoms with Crippen molar-refractivity contribution in [2.75, 3.05) is 36.4 Å². The van der Waals surface area contributed by atoms with Gasteiger partial charge in [-0.2, -0.15) is 0 Å². The fourth-order valence-corrected chi connectivity index (χ4v) is 4.82. The molecule has 1 saturated heterocycles. The Labute approximate surface area is 194 Å². The molecule has 32 heavy (non-hydrogen) atoms. The first-order valence-corrected chi connectivity index (χ1v) is 11.5. The molecule has 1 aliphatic heterocycles. The number of benzene rings is 2. The van der Waals surface area contributed by atoms with Gasteiger partial charge in [-0.25, -0.2) is 0 Å². The Balaban J connectivity index is 1.23. The van der Waals surface area contributed by atoms with Crippen molar-refractivity contribution >= 4 is 57.1 Å². The van der Waals surface area contributed by atoms with Gasteiger partial charge in [0.2, 0.25) is 0 Å². The second kappa shape index (κ2) is 8.68. The third kappa shape index (κ3) is 4.09. The van der Waals surface area contributed by atoms with Crippen LogP contribution in [-0.4, -0.2) is 42.9 Å². The summed E-state index contributed by atoms with van der Waals surface area (Å²) in [7, 11) is 0. The molecule has 2 aromatic heterocycles. The van der Waals surface area contributed by atoms with Crippen molar-refractivity contribution in [2.24, 2.45) is 0 Å². The lowest BCUT2D eigenvalue weighted by molar-refractivity contribution is 0.0751. The van der Waals surface area contributed by atoms with E-state index < -0.39 is 0 Å². The minimum Gasteiger partial charge on any atom is -0.451 e. The van der Waals surface area contributed by atoms with Crippen LogP contribution in [0.3, 0.4) is 0 Å². The lowest BCUT2D eigenvalue weighted by Gasteiger charge is -2.36. The average Bonchev–Trinajstić information content (AvgIpc) is 3.49. The first-order chi connectivity index (χ1) is 15.6. The van der Waals surface area contributed by atoms with E-state index in [9.17, 15) is 9.59 Å². The van der Waals surface area contributed by atoms with Gasteiger partial charge in [0.05, 0.1) is 15.6 Å². The van der Waals surface area contributed by atoms with Gasteiger partial charge in [-0.05, 0) is 41.8 Å². The Morgan fingerprint density at radius 2 is 1.78 bits per heavy atom. The second-order valence-corrected chi connectivity index (χ2v) is 8.88. The molecule has 6 nitrogen and oxygen atoms in total. The van der Waals surface area contributed by atoms with Crippen LogP contribution in [-0.2, 0) is 0 Å². The fraction of sp³-hybridized carbons (Fsp3) is 0.167. The number of fused-ring (bicyclic) bond motifs is 1. The number of hydrogen-bond acceptors (Lipinski definition) is 5. The lowest BCUT2D eigenvalue weighted by atomic mass is 10.2. The molecule has 2 amide bonds. The number of rotatable bonds is 4. The molecule has 0 saturated carbocycles. The van der Waals surface area contributed by atoms with Crippen LogP contribution in [0.25, 0.3) is 11.0 Å². The molecule has 0 unspecified atom stereocenters. The lowest BCUT2D eigenvalue weighted by Crippen LogP contribution is -2.48. The summed E-state index contributed by atoms with van der Waals surface area (Å²) < 4.78 is 5.62. The number of anilines is 2. The summed E-state index contributed by atoms with van der Waals surface area (Å²) in [6, 6.07) is 18.4. The zero-order valence-electron chi connectivity index (χ0n) is 17.1. The highest BCUT2D eigenvalue weighted by atomic mass is 35.5. The minimum atomic E-state index is -0.328. The van der Waals surface area contributed by atoms with E-state index in [1.54, 1.807) is 12.1 Å². The Hall–Kier alpha value is -3.29. The number of hydrogen-bond donors (Lipinski definition) is 1. The van der Waals surface area contributed by atoms with E-state index in [4.69, 9.17) is 16.0 Å². The van der Waals surface area contributed by atoms with Crippen molar-refractivity contribution in [1.82, 2.24) is 4.90 Å². The molecule has 0 atom stereocenters. The summed E-state index contributed by atoms with van der Waals surface area (Å²) in [4.78, 5) is 29.9. The summed E-state index contributed by atoms with van der Waals surface area (Å²) >= 11 is 8.00. The molecule has 8 heteroatoms. The SMILES string of the molecule is O=C(Nc1ccc(N2CCN(C(=O)c3cccs3)CC2)c(Cl)c1)c1cc2ccccc2o1. The molecule has 1 fully saturated rings. The maximum absolute atomic E-state index is 12.6. The normalized spacial score (nSPS) is 14.0. The summed E-state index contributed by atoms with van der Waals surface area (Å²) in [5.74, 6) is -0.00181. The number of piperazine rings is 1. The molecule has 4 aromatic rings. The number of carbonyl (C=O) groups is 2. The quantitative estimate of drug-likeness (QED) is 0.440. The Kier molecular flexibility index (Phi) is 5.59. The molecule has 2 aromatic carbocycles. The molecule has 5 rings (SSSR count). The third-order valence-electron chi connectivity index (χ3n) is 5.49. The van der Waals surface area contributed by atoms with Crippen molar-refractivity contribution < 1.29 is 14.0 Å². The first-order valence-electron chi connectivity index (χ1n) is 10.3. The topological polar surface area (TPSA) is 65.8 Å². The number of thiophene rings is 1. The number of furan rings is 1.